The van der Waals surface area contributed by atoms with Gasteiger partial charge in [-0.3, -0.25) is 9.36 Å². The molecular formula is C26H27N7OS. The molecule has 6 rings (SSSR count). The number of amides is 1. The molecule has 1 saturated heterocycles. The van der Waals surface area contributed by atoms with E-state index in [0.29, 0.717) is 11.9 Å². The van der Waals surface area contributed by atoms with E-state index in [-0.39, 0.29) is 11.7 Å². The number of benzene rings is 2. The van der Waals surface area contributed by atoms with Crippen LogP contribution in [-0.4, -0.2) is 49.3 Å². The lowest BCUT2D eigenvalue weighted by molar-refractivity contribution is -0.113. The number of rotatable bonds is 8. The van der Waals surface area contributed by atoms with Crippen molar-refractivity contribution in [2.75, 3.05) is 29.1 Å². The van der Waals surface area contributed by atoms with Crippen LogP contribution in [0.4, 0.5) is 11.8 Å². The molecule has 2 aromatic heterocycles. The van der Waals surface area contributed by atoms with E-state index in [1.807, 2.05) is 66.7 Å². The first kappa shape index (κ1) is 21.9. The fourth-order valence-corrected chi connectivity index (χ4v) is 5.25. The summed E-state index contributed by atoms with van der Waals surface area (Å²) in [5, 5.41) is 17.6. The van der Waals surface area contributed by atoms with Crippen molar-refractivity contribution >= 4 is 29.4 Å². The van der Waals surface area contributed by atoms with Gasteiger partial charge < -0.3 is 10.2 Å². The molecule has 0 unspecified atom stereocenters. The molecule has 2 aliphatic rings. The van der Waals surface area contributed by atoms with Crippen molar-refractivity contribution in [2.45, 2.75) is 36.9 Å². The van der Waals surface area contributed by atoms with Crippen molar-refractivity contribution in [1.29, 1.82) is 0 Å². The highest BCUT2D eigenvalue weighted by Gasteiger charge is 2.32. The second-order valence-electron chi connectivity index (χ2n) is 8.94. The van der Waals surface area contributed by atoms with Gasteiger partial charge in [0.05, 0.1) is 17.1 Å². The highest BCUT2D eigenvalue weighted by atomic mass is 32.2. The van der Waals surface area contributed by atoms with E-state index in [0.717, 1.165) is 54.0 Å². The smallest absolute Gasteiger partial charge is 0.236 e. The zero-order valence-electron chi connectivity index (χ0n) is 19.4. The predicted octanol–water partition coefficient (Wildman–Crippen LogP) is 4.80. The van der Waals surface area contributed by atoms with Crippen molar-refractivity contribution in [3.05, 3.63) is 66.7 Å². The second kappa shape index (κ2) is 9.58. The average Bonchev–Trinajstić information content (AvgIpc) is 3.26. The zero-order valence-corrected chi connectivity index (χ0v) is 20.2. The molecule has 3 heterocycles. The van der Waals surface area contributed by atoms with E-state index < -0.39 is 0 Å². The summed E-state index contributed by atoms with van der Waals surface area (Å²) in [5.41, 5.74) is 2.70. The number of carbonyl (C=O) groups excluding carboxylic acids is 1. The maximum absolute atomic E-state index is 13.0. The van der Waals surface area contributed by atoms with Crippen LogP contribution in [0.25, 0.3) is 16.9 Å². The molecule has 4 aromatic rings. The third kappa shape index (κ3) is 4.68. The van der Waals surface area contributed by atoms with Gasteiger partial charge in [-0.25, -0.2) is 4.68 Å². The van der Waals surface area contributed by atoms with Crippen LogP contribution >= 0.6 is 11.8 Å². The molecular weight excluding hydrogens is 458 g/mol. The van der Waals surface area contributed by atoms with E-state index in [2.05, 4.69) is 25.0 Å². The Kier molecular flexibility index (Phi) is 5.99. The molecule has 0 atom stereocenters. The molecule has 1 aliphatic heterocycles. The normalized spacial score (nSPS) is 15.5. The molecule has 0 spiro atoms. The van der Waals surface area contributed by atoms with Crippen molar-refractivity contribution < 1.29 is 4.79 Å². The number of hydrogen-bond acceptors (Lipinski definition) is 6. The number of nitrogens with one attached hydrogen (secondary N) is 1. The Balaban J connectivity index is 1.21. The number of hydrogen-bond donors (Lipinski definition) is 1. The van der Waals surface area contributed by atoms with Gasteiger partial charge in [0.15, 0.2) is 5.16 Å². The molecule has 8 nitrogen and oxygen atoms in total. The number of thioether (sulfide) groups is 1. The molecule has 35 heavy (non-hydrogen) atoms. The fourth-order valence-electron chi connectivity index (χ4n) is 4.45. The molecule has 1 N–H and O–H groups in total. The molecule has 2 fully saturated rings. The van der Waals surface area contributed by atoms with Gasteiger partial charge in [0, 0.05) is 30.8 Å². The topological polar surface area (TPSA) is 80.9 Å². The Morgan fingerprint density at radius 2 is 1.69 bits per heavy atom. The minimum absolute atomic E-state index is 0.0974. The lowest BCUT2D eigenvalue weighted by Crippen LogP contribution is -2.22. The minimum Gasteiger partial charge on any atom is -0.341 e. The Morgan fingerprint density at radius 3 is 2.40 bits per heavy atom. The molecule has 1 aliphatic carbocycles. The first-order valence-electron chi connectivity index (χ1n) is 12.1. The quantitative estimate of drug-likeness (QED) is 0.361. The summed E-state index contributed by atoms with van der Waals surface area (Å²) in [6.45, 7) is 2.06. The second-order valence-corrected chi connectivity index (χ2v) is 9.89. The zero-order chi connectivity index (χ0) is 23.6. The van der Waals surface area contributed by atoms with Gasteiger partial charge in [-0.2, -0.15) is 5.10 Å². The number of carbonyl (C=O) groups is 1. The molecule has 2 aromatic carbocycles. The van der Waals surface area contributed by atoms with Crippen LogP contribution < -0.4 is 10.2 Å². The highest BCUT2D eigenvalue weighted by Crippen LogP contribution is 2.41. The number of nitrogens with zero attached hydrogens (tertiary/aromatic N) is 6. The average molecular weight is 486 g/mol. The SMILES string of the molecule is O=C(CSc1nnc(N2CCCC2)n1C1CC1)Nc1cc(-c2ccccc2)nn1-c1ccccc1. The first-order chi connectivity index (χ1) is 17.3. The first-order valence-corrected chi connectivity index (χ1v) is 13.1. The lowest BCUT2D eigenvalue weighted by atomic mass is 10.2. The van der Waals surface area contributed by atoms with Gasteiger partial charge in [0.1, 0.15) is 5.82 Å². The van der Waals surface area contributed by atoms with E-state index in [1.165, 1.54) is 24.6 Å². The van der Waals surface area contributed by atoms with Crippen LogP contribution in [-0.2, 0) is 4.79 Å². The van der Waals surface area contributed by atoms with Crippen LogP contribution in [0.1, 0.15) is 31.7 Å². The molecule has 0 radical (unpaired) electrons. The Bertz CT molecular complexity index is 1310. The maximum atomic E-state index is 13.0. The number of aromatic nitrogens is 5. The Hall–Kier alpha value is -3.59. The summed E-state index contributed by atoms with van der Waals surface area (Å²) in [4.78, 5) is 15.4. The van der Waals surface area contributed by atoms with Gasteiger partial charge >= 0.3 is 0 Å². The largest absolute Gasteiger partial charge is 0.341 e. The summed E-state index contributed by atoms with van der Waals surface area (Å²) < 4.78 is 4.02. The van der Waals surface area contributed by atoms with E-state index >= 15 is 0 Å². The summed E-state index contributed by atoms with van der Waals surface area (Å²) in [6, 6.07) is 22.2. The Morgan fingerprint density at radius 1 is 0.971 bits per heavy atom. The van der Waals surface area contributed by atoms with E-state index in [1.54, 1.807) is 4.68 Å². The van der Waals surface area contributed by atoms with Gasteiger partial charge in [-0.05, 0) is 37.8 Å². The van der Waals surface area contributed by atoms with Crippen LogP contribution in [0.3, 0.4) is 0 Å². The highest BCUT2D eigenvalue weighted by molar-refractivity contribution is 7.99. The Labute approximate surface area is 208 Å². The standard InChI is InChI=1S/C26H27N7OS/c34-24(18-35-26-29-28-25(31-15-7-8-16-31)32(26)20-13-14-20)27-23-17-22(19-9-3-1-4-10-19)30-33(23)21-11-5-2-6-12-21/h1-6,9-12,17,20H,7-8,13-16,18H2,(H,27,34). The molecule has 1 amide bonds. The third-order valence-corrected chi connectivity index (χ3v) is 7.27. The van der Waals surface area contributed by atoms with Crippen LogP contribution in [0.5, 0.6) is 0 Å². The van der Waals surface area contributed by atoms with Crippen molar-refractivity contribution in [2.24, 2.45) is 0 Å². The van der Waals surface area contributed by atoms with Crippen molar-refractivity contribution in [3.63, 3.8) is 0 Å². The van der Waals surface area contributed by atoms with Gasteiger partial charge in [-0.15, -0.1) is 10.2 Å². The summed E-state index contributed by atoms with van der Waals surface area (Å²) in [7, 11) is 0. The summed E-state index contributed by atoms with van der Waals surface area (Å²) in [5.74, 6) is 1.76. The molecule has 1 saturated carbocycles. The van der Waals surface area contributed by atoms with Gasteiger partial charge in [-0.1, -0.05) is 60.3 Å². The number of anilines is 2. The van der Waals surface area contributed by atoms with Crippen LogP contribution in [0.2, 0.25) is 0 Å². The van der Waals surface area contributed by atoms with E-state index in [4.69, 9.17) is 5.10 Å². The van der Waals surface area contributed by atoms with Crippen molar-refractivity contribution in [3.8, 4) is 16.9 Å². The lowest BCUT2D eigenvalue weighted by Gasteiger charge is -2.17. The maximum Gasteiger partial charge on any atom is 0.236 e. The monoisotopic (exact) mass is 485 g/mol. The van der Waals surface area contributed by atoms with Crippen LogP contribution in [0.15, 0.2) is 71.9 Å². The number of para-hydroxylation sites is 1. The van der Waals surface area contributed by atoms with Gasteiger partial charge in [0.25, 0.3) is 0 Å². The predicted molar refractivity (Wildman–Crippen MR) is 138 cm³/mol. The fraction of sp³-hybridized carbons (Fsp3) is 0.308. The molecule has 178 valence electrons. The minimum atomic E-state index is -0.0974. The third-order valence-electron chi connectivity index (χ3n) is 6.33. The summed E-state index contributed by atoms with van der Waals surface area (Å²) in [6.07, 6.45) is 4.69. The summed E-state index contributed by atoms with van der Waals surface area (Å²) >= 11 is 1.45. The molecule has 9 heteroatoms. The van der Waals surface area contributed by atoms with Gasteiger partial charge in [0.2, 0.25) is 11.9 Å². The van der Waals surface area contributed by atoms with E-state index in [9.17, 15) is 4.79 Å². The van der Waals surface area contributed by atoms with Crippen molar-refractivity contribution in [1.82, 2.24) is 24.5 Å². The molecule has 0 bridgehead atoms. The van der Waals surface area contributed by atoms with Crippen LogP contribution in [0, 0.1) is 0 Å².